The Morgan fingerprint density at radius 3 is 2.52 bits per heavy atom. The predicted molar refractivity (Wildman–Crippen MR) is 132 cm³/mol. The van der Waals surface area contributed by atoms with Gasteiger partial charge in [0.15, 0.2) is 0 Å². The first-order valence-electron chi connectivity index (χ1n) is 11.3. The lowest BCUT2D eigenvalue weighted by atomic mass is 10.1. The SMILES string of the molecule is CC(C)(C)OC(=O)N1CCn2nc(-c3nc(OS(=O)(=O)C(F)(F)F)c4scc(F)c4c3C=C(F)/C=C/F)cc2C1. The second kappa shape index (κ2) is 10.4. The van der Waals surface area contributed by atoms with Crippen molar-refractivity contribution in [3.63, 3.8) is 0 Å². The Kier molecular flexibility index (Phi) is 7.66. The lowest BCUT2D eigenvalue weighted by molar-refractivity contribution is -0.0500. The molecule has 0 aromatic carbocycles. The van der Waals surface area contributed by atoms with Gasteiger partial charge in [-0.3, -0.25) is 4.68 Å². The van der Waals surface area contributed by atoms with Crippen molar-refractivity contribution in [3.8, 4) is 17.3 Å². The monoisotopic (exact) mass is 610 g/mol. The van der Waals surface area contributed by atoms with E-state index in [2.05, 4.69) is 14.3 Å². The van der Waals surface area contributed by atoms with Crippen molar-refractivity contribution in [1.82, 2.24) is 19.7 Å². The normalized spacial score (nSPS) is 15.1. The fourth-order valence-corrected chi connectivity index (χ4v) is 5.06. The van der Waals surface area contributed by atoms with Gasteiger partial charge in [-0.1, -0.05) is 0 Å². The van der Waals surface area contributed by atoms with E-state index in [1.54, 1.807) is 20.8 Å². The van der Waals surface area contributed by atoms with Crippen LogP contribution in [-0.2, 0) is 27.9 Å². The fraction of sp³-hybridized carbons (Fsp3) is 0.348. The molecule has 0 N–H and O–H groups in total. The van der Waals surface area contributed by atoms with E-state index in [1.807, 2.05) is 0 Å². The third kappa shape index (κ3) is 5.94. The summed E-state index contributed by atoms with van der Waals surface area (Å²) in [5.41, 5.74) is -7.14. The van der Waals surface area contributed by atoms with Gasteiger partial charge < -0.3 is 13.8 Å². The number of pyridine rings is 1. The highest BCUT2D eigenvalue weighted by Crippen LogP contribution is 2.42. The Bertz CT molecular complexity index is 1640. The fourth-order valence-electron chi connectivity index (χ4n) is 3.73. The maximum Gasteiger partial charge on any atom is 0.534 e. The molecule has 0 saturated carbocycles. The van der Waals surface area contributed by atoms with Crippen LogP contribution in [-0.4, -0.2) is 51.8 Å². The molecule has 4 rings (SSSR count). The summed E-state index contributed by atoms with van der Waals surface area (Å²) in [7, 11) is -6.22. The molecule has 1 aliphatic rings. The largest absolute Gasteiger partial charge is 0.534 e. The minimum Gasteiger partial charge on any atom is -0.444 e. The number of amides is 1. The highest BCUT2D eigenvalue weighted by molar-refractivity contribution is 7.88. The van der Waals surface area contributed by atoms with Crippen LogP contribution in [0.25, 0.3) is 27.6 Å². The highest BCUT2D eigenvalue weighted by atomic mass is 32.2. The Morgan fingerprint density at radius 1 is 1.20 bits per heavy atom. The third-order valence-electron chi connectivity index (χ3n) is 5.35. The number of alkyl halides is 3. The molecule has 0 bridgehead atoms. The molecule has 3 aromatic heterocycles. The number of fused-ring (bicyclic) bond motifs is 2. The quantitative estimate of drug-likeness (QED) is 0.150. The van der Waals surface area contributed by atoms with Crippen molar-refractivity contribution < 1.29 is 48.5 Å². The molecule has 0 atom stereocenters. The molecule has 0 aliphatic carbocycles. The first kappa shape index (κ1) is 29.4. The zero-order valence-electron chi connectivity index (χ0n) is 20.9. The van der Waals surface area contributed by atoms with Gasteiger partial charge in [-0.05, 0) is 32.9 Å². The molecule has 4 heterocycles. The van der Waals surface area contributed by atoms with Crippen molar-refractivity contribution in [1.29, 1.82) is 0 Å². The molecule has 1 aliphatic heterocycles. The zero-order chi connectivity index (χ0) is 29.6. The molecular weight excluding hydrogens is 590 g/mol. The third-order valence-corrected chi connectivity index (χ3v) is 7.23. The van der Waals surface area contributed by atoms with Gasteiger partial charge in [-0.25, -0.2) is 22.9 Å². The number of ether oxygens (including phenoxy) is 1. The number of carbonyl (C=O) groups excluding carboxylic acids is 1. The van der Waals surface area contributed by atoms with Crippen LogP contribution in [0.2, 0.25) is 0 Å². The van der Waals surface area contributed by atoms with E-state index >= 15 is 0 Å². The number of rotatable bonds is 5. The van der Waals surface area contributed by atoms with Crippen LogP contribution in [0.5, 0.6) is 5.88 Å². The average Bonchev–Trinajstić information content (AvgIpc) is 3.42. The maximum atomic E-state index is 14.9. The summed E-state index contributed by atoms with van der Waals surface area (Å²) < 4.78 is 115. The topological polar surface area (TPSA) is 104 Å². The van der Waals surface area contributed by atoms with E-state index in [-0.39, 0.29) is 37.2 Å². The van der Waals surface area contributed by atoms with Crippen molar-refractivity contribution in [2.24, 2.45) is 0 Å². The summed E-state index contributed by atoms with van der Waals surface area (Å²) in [4.78, 5) is 17.8. The average molecular weight is 611 g/mol. The number of halogens is 6. The Balaban J connectivity index is 1.88. The van der Waals surface area contributed by atoms with Crippen molar-refractivity contribution in [2.75, 3.05) is 6.54 Å². The van der Waals surface area contributed by atoms with E-state index in [0.29, 0.717) is 29.2 Å². The minimum atomic E-state index is -6.22. The van der Waals surface area contributed by atoms with Gasteiger partial charge in [0.25, 0.3) is 5.88 Å². The molecule has 0 spiro atoms. The predicted octanol–water partition coefficient (Wildman–Crippen LogP) is 6.07. The first-order valence-corrected chi connectivity index (χ1v) is 13.6. The number of aromatic nitrogens is 3. The van der Waals surface area contributed by atoms with Gasteiger partial charge in [0, 0.05) is 29.0 Å². The maximum absolute atomic E-state index is 14.9. The molecule has 0 unspecified atom stereocenters. The van der Waals surface area contributed by atoms with Crippen LogP contribution in [0, 0.1) is 5.82 Å². The van der Waals surface area contributed by atoms with Gasteiger partial charge in [0.1, 0.15) is 33.3 Å². The van der Waals surface area contributed by atoms with Crippen molar-refractivity contribution in [3.05, 3.63) is 46.8 Å². The highest BCUT2D eigenvalue weighted by Gasteiger charge is 2.49. The molecule has 40 heavy (non-hydrogen) atoms. The summed E-state index contributed by atoms with van der Waals surface area (Å²) in [5.74, 6) is -3.38. The van der Waals surface area contributed by atoms with Crippen LogP contribution in [0.3, 0.4) is 0 Å². The molecule has 3 aromatic rings. The molecule has 216 valence electrons. The molecule has 9 nitrogen and oxygen atoms in total. The second-order valence-corrected chi connectivity index (χ2v) is 11.8. The van der Waals surface area contributed by atoms with E-state index in [1.165, 1.54) is 15.6 Å². The van der Waals surface area contributed by atoms with Crippen molar-refractivity contribution in [2.45, 2.75) is 45.0 Å². The van der Waals surface area contributed by atoms with Gasteiger partial charge >= 0.3 is 21.7 Å². The summed E-state index contributed by atoms with van der Waals surface area (Å²) >= 11 is 0.464. The van der Waals surface area contributed by atoms with Crippen molar-refractivity contribution >= 4 is 43.7 Å². The van der Waals surface area contributed by atoms with Gasteiger partial charge in [-0.15, -0.1) is 11.3 Å². The minimum absolute atomic E-state index is 0.00704. The van der Waals surface area contributed by atoms with E-state index in [0.717, 1.165) is 5.38 Å². The van der Waals surface area contributed by atoms with Crippen LogP contribution in [0.1, 0.15) is 32.0 Å². The van der Waals surface area contributed by atoms with E-state index < -0.39 is 60.6 Å². The lowest BCUT2D eigenvalue weighted by Crippen LogP contribution is -2.41. The number of nitrogens with zero attached hydrogens (tertiary/aromatic N) is 4. The smallest absolute Gasteiger partial charge is 0.444 e. The standard InChI is InChI=1S/C23H20F6N4O5S2/c1-22(2,3)37-21(34)32-6-7-33-13(10-32)9-16(31-33)18-14(8-12(25)4-5-24)17-15(26)11-39-19(17)20(30-18)38-40(35,36)23(27,28)29/h4-5,8-9,11H,6-7,10H2,1-3H3/b5-4+,12-8?. The Hall–Kier alpha value is -3.60. The molecule has 1 amide bonds. The van der Waals surface area contributed by atoms with Gasteiger partial charge in [-0.2, -0.15) is 26.7 Å². The molecule has 0 fully saturated rings. The summed E-state index contributed by atoms with van der Waals surface area (Å²) in [6, 6.07) is 1.36. The summed E-state index contributed by atoms with van der Waals surface area (Å²) in [5, 5.41) is 4.61. The molecule has 17 heteroatoms. The number of carbonyl (C=O) groups is 1. The van der Waals surface area contributed by atoms with Crippen LogP contribution >= 0.6 is 11.3 Å². The number of allylic oxidation sites excluding steroid dienone is 2. The number of hydrogen-bond acceptors (Lipinski definition) is 8. The van der Waals surface area contributed by atoms with Gasteiger partial charge in [0.2, 0.25) is 0 Å². The molecule has 0 saturated heterocycles. The molecule has 0 radical (unpaired) electrons. The lowest BCUT2D eigenvalue weighted by Gasteiger charge is -2.30. The Labute approximate surface area is 227 Å². The van der Waals surface area contributed by atoms with E-state index in [9.17, 15) is 39.6 Å². The molecular formula is C23H20F6N4O5S2. The van der Waals surface area contributed by atoms with Crippen LogP contribution < -0.4 is 4.18 Å². The van der Waals surface area contributed by atoms with Crippen LogP contribution in [0.15, 0.2) is 29.7 Å². The van der Waals surface area contributed by atoms with Gasteiger partial charge in [0.05, 0.1) is 25.1 Å². The van der Waals surface area contributed by atoms with E-state index in [4.69, 9.17) is 4.74 Å². The number of hydrogen-bond donors (Lipinski definition) is 0. The number of thiophene rings is 1. The zero-order valence-corrected chi connectivity index (χ0v) is 22.6. The van der Waals surface area contributed by atoms with Crippen LogP contribution in [0.4, 0.5) is 31.1 Å². The first-order chi connectivity index (χ1) is 18.5. The second-order valence-electron chi connectivity index (χ2n) is 9.42. The summed E-state index contributed by atoms with van der Waals surface area (Å²) in [6.45, 7) is 5.39. The Morgan fingerprint density at radius 2 is 1.90 bits per heavy atom. The summed E-state index contributed by atoms with van der Waals surface area (Å²) in [6.07, 6.45) is 0.325.